The molecule has 0 aliphatic carbocycles. The number of alkyl halides is 3. The van der Waals surface area contributed by atoms with Crippen molar-refractivity contribution in [1.29, 1.82) is 0 Å². The molecule has 4 aromatic rings. The molecule has 0 aliphatic heterocycles. The number of aryl methyl sites for hydroxylation is 1. The number of unbranched alkanes of at least 4 members (excludes halogenated alkanes) is 3. The van der Waals surface area contributed by atoms with Crippen LogP contribution in [0.1, 0.15) is 48.6 Å². The number of pyridine rings is 1. The first-order chi connectivity index (χ1) is 16.4. The summed E-state index contributed by atoms with van der Waals surface area (Å²) in [6.45, 7) is 0.845. The van der Waals surface area contributed by atoms with Gasteiger partial charge in [0.15, 0.2) is 0 Å². The number of fused-ring (bicyclic) bond motifs is 1. The summed E-state index contributed by atoms with van der Waals surface area (Å²) in [5.74, 6) is 0.901. The fourth-order valence-corrected chi connectivity index (χ4v) is 4.86. The van der Waals surface area contributed by atoms with Crippen molar-refractivity contribution in [2.24, 2.45) is 0 Å². The average Bonchev–Trinajstić information content (AvgIpc) is 3.31. The van der Waals surface area contributed by atoms with Crippen LogP contribution in [0.25, 0.3) is 10.9 Å². The molecule has 1 atom stereocenters. The van der Waals surface area contributed by atoms with Gasteiger partial charge < -0.3 is 9.67 Å². The maximum atomic E-state index is 12.9. The van der Waals surface area contributed by atoms with Gasteiger partial charge in [0, 0.05) is 29.2 Å². The highest BCUT2D eigenvalue weighted by atomic mass is 32.2. The highest BCUT2D eigenvalue weighted by Crippen LogP contribution is 2.34. The molecule has 178 valence electrons. The first kappa shape index (κ1) is 24.3. The SMILES string of the molecule is OC(c1ccccc1)c1cn(CCCCCCSc2ccnc3cc(C(F)(F)F)ccc23)cn1. The second-order valence-electron chi connectivity index (χ2n) is 8.15. The quantitative estimate of drug-likeness (QED) is 0.196. The lowest BCUT2D eigenvalue weighted by Crippen LogP contribution is -2.04. The molecule has 2 heterocycles. The van der Waals surface area contributed by atoms with Crippen LogP contribution in [-0.4, -0.2) is 25.4 Å². The summed E-state index contributed by atoms with van der Waals surface area (Å²) >= 11 is 1.66. The monoisotopic (exact) mass is 485 g/mol. The molecule has 1 unspecified atom stereocenters. The largest absolute Gasteiger partial charge is 0.416 e. The van der Waals surface area contributed by atoms with E-state index in [-0.39, 0.29) is 0 Å². The van der Waals surface area contributed by atoms with Crippen molar-refractivity contribution in [2.75, 3.05) is 5.75 Å². The number of nitrogens with zero attached hydrogens (tertiary/aromatic N) is 3. The van der Waals surface area contributed by atoms with Crippen LogP contribution >= 0.6 is 11.8 Å². The molecule has 4 nitrogen and oxygen atoms in total. The normalized spacial score (nSPS) is 12.8. The highest BCUT2D eigenvalue weighted by molar-refractivity contribution is 7.99. The van der Waals surface area contributed by atoms with Crippen LogP contribution in [-0.2, 0) is 12.7 Å². The zero-order chi connectivity index (χ0) is 24.0. The number of aliphatic hydroxyl groups is 1. The Hall–Kier alpha value is -2.84. The molecule has 4 rings (SSSR count). The second-order valence-corrected chi connectivity index (χ2v) is 9.29. The Bertz CT molecular complexity index is 1210. The van der Waals surface area contributed by atoms with Crippen LogP contribution in [0.15, 0.2) is 78.2 Å². The van der Waals surface area contributed by atoms with E-state index < -0.39 is 17.8 Å². The number of aliphatic hydroxyl groups excluding tert-OH is 1. The molecular formula is C26H26F3N3OS. The van der Waals surface area contributed by atoms with Gasteiger partial charge in [-0.1, -0.05) is 49.2 Å². The van der Waals surface area contributed by atoms with Crippen LogP contribution < -0.4 is 0 Å². The molecule has 0 amide bonds. The van der Waals surface area contributed by atoms with E-state index in [4.69, 9.17) is 0 Å². The highest BCUT2D eigenvalue weighted by Gasteiger charge is 2.30. The zero-order valence-corrected chi connectivity index (χ0v) is 19.4. The minimum atomic E-state index is -4.36. The van der Waals surface area contributed by atoms with Gasteiger partial charge in [-0.2, -0.15) is 13.2 Å². The Morgan fingerprint density at radius 3 is 2.53 bits per heavy atom. The van der Waals surface area contributed by atoms with Crippen molar-refractivity contribution < 1.29 is 18.3 Å². The molecule has 0 saturated heterocycles. The van der Waals surface area contributed by atoms with E-state index in [1.54, 1.807) is 24.3 Å². The summed E-state index contributed by atoms with van der Waals surface area (Å²) in [5, 5.41) is 11.2. The van der Waals surface area contributed by atoms with Crippen LogP contribution in [0.2, 0.25) is 0 Å². The average molecular weight is 486 g/mol. The molecule has 0 fully saturated rings. The fourth-order valence-electron chi connectivity index (χ4n) is 3.80. The van der Waals surface area contributed by atoms with E-state index in [2.05, 4.69) is 9.97 Å². The number of halogens is 3. The topological polar surface area (TPSA) is 50.9 Å². The van der Waals surface area contributed by atoms with Gasteiger partial charge in [-0.05, 0) is 42.4 Å². The summed E-state index contributed by atoms with van der Waals surface area (Å²) < 4.78 is 40.8. The zero-order valence-electron chi connectivity index (χ0n) is 18.6. The van der Waals surface area contributed by atoms with Crippen LogP contribution in [0.3, 0.4) is 0 Å². The molecule has 0 spiro atoms. The van der Waals surface area contributed by atoms with Gasteiger partial charge in [0.2, 0.25) is 0 Å². The molecule has 8 heteroatoms. The minimum absolute atomic E-state index is 0.372. The Labute approximate surface area is 200 Å². The molecule has 0 radical (unpaired) electrons. The number of imidazole rings is 1. The lowest BCUT2D eigenvalue weighted by atomic mass is 10.1. The Kier molecular flexibility index (Phi) is 7.90. The molecule has 2 aromatic carbocycles. The Morgan fingerprint density at radius 2 is 1.74 bits per heavy atom. The third kappa shape index (κ3) is 6.18. The van der Waals surface area contributed by atoms with Crippen molar-refractivity contribution in [1.82, 2.24) is 14.5 Å². The van der Waals surface area contributed by atoms with Crippen molar-refractivity contribution in [3.63, 3.8) is 0 Å². The molecule has 0 aliphatic rings. The summed E-state index contributed by atoms with van der Waals surface area (Å²) in [5.41, 5.74) is 1.17. The van der Waals surface area contributed by atoms with Gasteiger partial charge in [0.1, 0.15) is 6.10 Å². The number of benzene rings is 2. The number of hydrogen-bond acceptors (Lipinski definition) is 4. The van der Waals surface area contributed by atoms with E-state index >= 15 is 0 Å². The van der Waals surface area contributed by atoms with Crippen LogP contribution in [0, 0.1) is 0 Å². The van der Waals surface area contributed by atoms with Crippen molar-refractivity contribution in [3.8, 4) is 0 Å². The minimum Gasteiger partial charge on any atom is -0.382 e. The number of hydrogen-bond donors (Lipinski definition) is 1. The van der Waals surface area contributed by atoms with Gasteiger partial charge in [0.25, 0.3) is 0 Å². The summed E-state index contributed by atoms with van der Waals surface area (Å²) in [4.78, 5) is 9.41. The van der Waals surface area contributed by atoms with Gasteiger partial charge in [0.05, 0.1) is 23.1 Å². The Balaban J connectivity index is 1.19. The van der Waals surface area contributed by atoms with Crippen molar-refractivity contribution in [2.45, 2.75) is 49.4 Å². The number of thioether (sulfide) groups is 1. The van der Waals surface area contributed by atoms with Crippen molar-refractivity contribution >= 4 is 22.7 Å². The number of aromatic nitrogens is 3. The predicted molar refractivity (Wildman–Crippen MR) is 129 cm³/mol. The van der Waals surface area contributed by atoms with E-state index in [0.29, 0.717) is 11.2 Å². The van der Waals surface area contributed by atoms with Gasteiger partial charge in [-0.25, -0.2) is 4.98 Å². The maximum Gasteiger partial charge on any atom is 0.416 e. The van der Waals surface area contributed by atoms with E-state index in [9.17, 15) is 18.3 Å². The molecule has 0 saturated carbocycles. The Morgan fingerprint density at radius 1 is 0.941 bits per heavy atom. The lowest BCUT2D eigenvalue weighted by Gasteiger charge is -2.10. The second kappa shape index (κ2) is 11.1. The fraction of sp³-hybridized carbons (Fsp3) is 0.308. The molecule has 1 N–H and O–H groups in total. The third-order valence-corrected chi connectivity index (χ3v) is 6.81. The summed E-state index contributed by atoms with van der Waals surface area (Å²) in [6, 6.07) is 15.1. The van der Waals surface area contributed by atoms with Gasteiger partial charge >= 0.3 is 6.18 Å². The summed E-state index contributed by atoms with van der Waals surface area (Å²) in [6.07, 6.45) is 4.32. The standard InChI is InChI=1S/C26H26F3N3OS/c27-26(28,29)20-10-11-21-22(16-20)30-13-12-24(21)34-15-7-2-1-6-14-32-17-23(31-18-32)25(33)19-8-4-3-5-9-19/h3-5,8-13,16-18,25,33H,1-2,6-7,14-15H2. The number of rotatable bonds is 10. The van der Waals surface area contributed by atoms with Gasteiger partial charge in [-0.3, -0.25) is 4.98 Å². The van der Waals surface area contributed by atoms with E-state index in [1.807, 2.05) is 47.2 Å². The summed E-state index contributed by atoms with van der Waals surface area (Å²) in [7, 11) is 0. The van der Waals surface area contributed by atoms with Crippen LogP contribution in [0.5, 0.6) is 0 Å². The first-order valence-electron chi connectivity index (χ1n) is 11.3. The lowest BCUT2D eigenvalue weighted by molar-refractivity contribution is -0.137. The van der Waals surface area contributed by atoms with Crippen molar-refractivity contribution in [3.05, 3.63) is 90.1 Å². The molecule has 34 heavy (non-hydrogen) atoms. The van der Waals surface area contributed by atoms with Gasteiger partial charge in [-0.15, -0.1) is 11.8 Å². The third-order valence-electron chi connectivity index (χ3n) is 5.65. The molecule has 2 aromatic heterocycles. The smallest absolute Gasteiger partial charge is 0.382 e. The first-order valence-corrected chi connectivity index (χ1v) is 12.2. The van der Waals surface area contributed by atoms with E-state index in [0.717, 1.165) is 66.0 Å². The van der Waals surface area contributed by atoms with E-state index in [1.165, 1.54) is 6.07 Å². The predicted octanol–water partition coefficient (Wildman–Crippen LogP) is 6.88. The maximum absolute atomic E-state index is 12.9. The van der Waals surface area contributed by atoms with Crippen LogP contribution in [0.4, 0.5) is 13.2 Å². The molecular weight excluding hydrogens is 459 g/mol. The molecule has 0 bridgehead atoms.